The van der Waals surface area contributed by atoms with E-state index in [2.05, 4.69) is 14.9 Å². The van der Waals surface area contributed by atoms with Crippen molar-refractivity contribution >= 4 is 0 Å². The predicted octanol–water partition coefficient (Wildman–Crippen LogP) is 2.30. The molecular weight excluding hydrogens is 325 g/mol. The molecule has 7 heteroatoms. The van der Waals surface area contributed by atoms with Gasteiger partial charge in [0, 0.05) is 32.0 Å². The van der Waals surface area contributed by atoms with Gasteiger partial charge >= 0.3 is 0 Å². The van der Waals surface area contributed by atoms with E-state index in [1.165, 1.54) is 13.2 Å². The van der Waals surface area contributed by atoms with Gasteiger partial charge in [-0.1, -0.05) is 13.8 Å². The van der Waals surface area contributed by atoms with Crippen molar-refractivity contribution in [3.63, 3.8) is 0 Å². The maximum absolute atomic E-state index is 13.8. The van der Waals surface area contributed by atoms with E-state index in [1.54, 1.807) is 6.07 Å². The van der Waals surface area contributed by atoms with Gasteiger partial charge in [-0.25, -0.2) is 9.37 Å². The number of nitrogens with one attached hydrogen (secondary N) is 1. The average Bonchev–Trinajstić information content (AvgIpc) is 2.58. The largest absolute Gasteiger partial charge is 0.502 e. The maximum atomic E-state index is 13.8. The van der Waals surface area contributed by atoms with Crippen LogP contribution in [0, 0.1) is 5.82 Å². The highest BCUT2D eigenvalue weighted by Gasteiger charge is 2.22. The molecule has 1 aromatic heterocycles. The molecule has 2 aromatic rings. The monoisotopic (exact) mass is 347 g/mol. The summed E-state index contributed by atoms with van der Waals surface area (Å²) in [5.41, 5.74) is 2.09. The van der Waals surface area contributed by atoms with Crippen LogP contribution in [-0.2, 0) is 19.5 Å². The lowest BCUT2D eigenvalue weighted by molar-refractivity contribution is 0.240. The number of aromatic hydroxyl groups is 1. The number of H-pyrrole nitrogens is 1. The molecule has 0 fully saturated rings. The molecule has 0 spiro atoms. The van der Waals surface area contributed by atoms with Crippen LogP contribution < -0.4 is 10.3 Å². The lowest BCUT2D eigenvalue weighted by Crippen LogP contribution is -2.36. The van der Waals surface area contributed by atoms with E-state index in [-0.39, 0.29) is 17.2 Å². The third-order valence-electron chi connectivity index (χ3n) is 4.43. The van der Waals surface area contributed by atoms with Crippen molar-refractivity contribution in [1.82, 2.24) is 14.9 Å². The van der Waals surface area contributed by atoms with Crippen LogP contribution >= 0.6 is 0 Å². The second kappa shape index (κ2) is 6.84. The Morgan fingerprint density at radius 1 is 1.44 bits per heavy atom. The zero-order valence-corrected chi connectivity index (χ0v) is 14.6. The van der Waals surface area contributed by atoms with Crippen LogP contribution in [0.25, 0.3) is 0 Å². The molecule has 1 aliphatic heterocycles. The highest BCUT2D eigenvalue weighted by atomic mass is 19.1. The fourth-order valence-electron chi connectivity index (χ4n) is 3.04. The minimum Gasteiger partial charge on any atom is -0.502 e. The van der Waals surface area contributed by atoms with Crippen molar-refractivity contribution in [2.75, 3.05) is 13.7 Å². The highest BCUT2D eigenvalue weighted by molar-refractivity contribution is 5.43. The molecule has 0 radical (unpaired) electrons. The van der Waals surface area contributed by atoms with E-state index in [1.807, 2.05) is 13.8 Å². The van der Waals surface area contributed by atoms with Gasteiger partial charge in [0.25, 0.3) is 5.56 Å². The molecule has 3 rings (SSSR count). The average molecular weight is 347 g/mol. The number of ether oxygens (including phenoxy) is 1. The number of aromatic amines is 1. The second-order valence-electron chi connectivity index (χ2n) is 6.62. The molecule has 0 bridgehead atoms. The van der Waals surface area contributed by atoms with Crippen molar-refractivity contribution < 1.29 is 14.2 Å². The molecule has 0 saturated carbocycles. The second-order valence-corrected chi connectivity index (χ2v) is 6.62. The van der Waals surface area contributed by atoms with Crippen LogP contribution in [0.1, 0.15) is 42.4 Å². The van der Waals surface area contributed by atoms with E-state index in [0.29, 0.717) is 36.5 Å². The number of phenols is 1. The molecule has 25 heavy (non-hydrogen) atoms. The van der Waals surface area contributed by atoms with Gasteiger partial charge in [0.2, 0.25) is 0 Å². The Morgan fingerprint density at radius 3 is 2.88 bits per heavy atom. The summed E-state index contributed by atoms with van der Waals surface area (Å²) in [5.74, 6) is -0.218. The number of hydrogen-bond donors (Lipinski definition) is 2. The fraction of sp³-hybridized carbons (Fsp3) is 0.444. The Hall–Kier alpha value is -2.41. The van der Waals surface area contributed by atoms with E-state index in [0.717, 1.165) is 12.2 Å². The zero-order valence-electron chi connectivity index (χ0n) is 14.6. The summed E-state index contributed by atoms with van der Waals surface area (Å²) in [6.07, 6.45) is 0.677. The summed E-state index contributed by atoms with van der Waals surface area (Å²) >= 11 is 0. The van der Waals surface area contributed by atoms with Gasteiger partial charge in [-0.2, -0.15) is 0 Å². The topological polar surface area (TPSA) is 78.5 Å². The lowest BCUT2D eigenvalue weighted by Gasteiger charge is -2.28. The van der Waals surface area contributed by atoms with Crippen LogP contribution in [0.5, 0.6) is 11.5 Å². The number of halogens is 1. The Kier molecular flexibility index (Phi) is 4.76. The van der Waals surface area contributed by atoms with Crippen molar-refractivity contribution in [2.45, 2.75) is 39.3 Å². The minimum atomic E-state index is -0.715. The first-order valence-corrected chi connectivity index (χ1v) is 8.28. The molecule has 0 amide bonds. The van der Waals surface area contributed by atoms with Gasteiger partial charge in [0.1, 0.15) is 5.82 Å². The first-order chi connectivity index (χ1) is 11.9. The molecule has 0 aliphatic carbocycles. The number of phenolic OH excluding ortho intramolecular Hbond substituents is 1. The Balaban J connectivity index is 1.82. The standard InChI is InChI=1S/C18H22FN3O3/c1-10(2)17-20-14-4-5-22(9-12(14)18(24)21-17)8-11-6-13(19)16(23)15(7-11)25-3/h6-7,10,23H,4-5,8-9H2,1-3H3,(H,20,21,24). The normalized spacial score (nSPS) is 14.6. The molecule has 2 N–H and O–H groups in total. The maximum Gasteiger partial charge on any atom is 0.255 e. The molecular formula is C18H22FN3O3. The molecule has 2 heterocycles. The molecule has 1 aliphatic rings. The Morgan fingerprint density at radius 2 is 2.20 bits per heavy atom. The summed E-state index contributed by atoms with van der Waals surface area (Å²) in [7, 11) is 1.38. The van der Waals surface area contributed by atoms with Crippen LogP contribution in [0.2, 0.25) is 0 Å². The number of rotatable bonds is 4. The highest BCUT2D eigenvalue weighted by Crippen LogP contribution is 2.31. The Bertz CT molecular complexity index is 848. The summed E-state index contributed by atoms with van der Waals surface area (Å²) in [6, 6.07) is 2.90. The Labute approximate surface area is 145 Å². The zero-order chi connectivity index (χ0) is 18.1. The molecule has 0 unspecified atom stereocenters. The summed E-state index contributed by atoms with van der Waals surface area (Å²) < 4.78 is 18.8. The van der Waals surface area contributed by atoms with Gasteiger partial charge < -0.3 is 14.8 Å². The van der Waals surface area contributed by atoms with E-state index in [9.17, 15) is 14.3 Å². The molecule has 1 aromatic carbocycles. The van der Waals surface area contributed by atoms with E-state index < -0.39 is 11.6 Å². The van der Waals surface area contributed by atoms with E-state index in [4.69, 9.17) is 4.74 Å². The molecule has 6 nitrogen and oxygen atoms in total. The van der Waals surface area contributed by atoms with Gasteiger partial charge in [0.15, 0.2) is 17.3 Å². The first kappa shape index (κ1) is 17.4. The summed E-state index contributed by atoms with van der Waals surface area (Å²) in [4.78, 5) is 21.8. The number of hydrogen-bond acceptors (Lipinski definition) is 5. The summed E-state index contributed by atoms with van der Waals surface area (Å²) in [5, 5.41) is 9.60. The summed E-state index contributed by atoms with van der Waals surface area (Å²) in [6.45, 7) is 5.63. The number of fused-ring (bicyclic) bond motifs is 1. The van der Waals surface area contributed by atoms with Crippen LogP contribution in [0.3, 0.4) is 0 Å². The predicted molar refractivity (Wildman–Crippen MR) is 91.4 cm³/mol. The van der Waals surface area contributed by atoms with Crippen molar-refractivity contribution in [3.05, 3.63) is 50.9 Å². The number of benzene rings is 1. The number of methoxy groups -OCH3 is 1. The van der Waals surface area contributed by atoms with Gasteiger partial charge in [-0.3, -0.25) is 9.69 Å². The van der Waals surface area contributed by atoms with Crippen LogP contribution in [-0.4, -0.2) is 33.6 Å². The quantitative estimate of drug-likeness (QED) is 0.887. The fourth-order valence-corrected chi connectivity index (χ4v) is 3.04. The first-order valence-electron chi connectivity index (χ1n) is 8.28. The minimum absolute atomic E-state index is 0.104. The smallest absolute Gasteiger partial charge is 0.255 e. The van der Waals surface area contributed by atoms with Gasteiger partial charge in [0.05, 0.1) is 18.4 Å². The van der Waals surface area contributed by atoms with Crippen LogP contribution in [0.15, 0.2) is 16.9 Å². The SMILES string of the molecule is COc1cc(CN2CCc3nc(C(C)C)[nH]c(=O)c3C2)cc(F)c1O. The van der Waals surface area contributed by atoms with Crippen molar-refractivity contribution in [1.29, 1.82) is 0 Å². The van der Waals surface area contributed by atoms with Gasteiger partial charge in [-0.05, 0) is 17.7 Å². The van der Waals surface area contributed by atoms with Crippen molar-refractivity contribution in [3.8, 4) is 11.5 Å². The van der Waals surface area contributed by atoms with E-state index >= 15 is 0 Å². The van der Waals surface area contributed by atoms with Gasteiger partial charge in [-0.15, -0.1) is 0 Å². The number of nitrogens with zero attached hydrogens (tertiary/aromatic N) is 2. The molecule has 0 saturated heterocycles. The number of aromatic nitrogens is 2. The molecule has 0 atom stereocenters. The third kappa shape index (κ3) is 3.51. The third-order valence-corrected chi connectivity index (χ3v) is 4.43. The van der Waals surface area contributed by atoms with Crippen LogP contribution in [0.4, 0.5) is 4.39 Å². The molecule has 134 valence electrons. The van der Waals surface area contributed by atoms with Crippen molar-refractivity contribution in [2.24, 2.45) is 0 Å². The lowest BCUT2D eigenvalue weighted by atomic mass is 10.0.